The summed E-state index contributed by atoms with van der Waals surface area (Å²) >= 11 is 0. The lowest BCUT2D eigenvalue weighted by atomic mass is 9.90. The summed E-state index contributed by atoms with van der Waals surface area (Å²) in [5.74, 6) is -0.206. The first-order valence-corrected chi connectivity index (χ1v) is 8.55. The average molecular weight is 336 g/mol. The number of hydrogen-bond donors (Lipinski definition) is 2. The lowest BCUT2D eigenvalue weighted by molar-refractivity contribution is -0.717. The molecule has 5 heteroatoms. The van der Waals surface area contributed by atoms with E-state index in [0.29, 0.717) is 13.0 Å². The van der Waals surface area contributed by atoms with Crippen molar-refractivity contribution in [1.82, 2.24) is 4.98 Å². The summed E-state index contributed by atoms with van der Waals surface area (Å²) in [5.41, 5.74) is 4.23. The van der Waals surface area contributed by atoms with Crippen molar-refractivity contribution in [3.8, 4) is 5.75 Å². The second-order valence-electron chi connectivity index (χ2n) is 6.36. The predicted molar refractivity (Wildman–Crippen MR) is 92.2 cm³/mol. The van der Waals surface area contributed by atoms with Gasteiger partial charge in [-0.15, -0.1) is 0 Å². The minimum Gasteiger partial charge on any atom is -0.544 e. The van der Waals surface area contributed by atoms with E-state index >= 15 is 0 Å². The Morgan fingerprint density at radius 1 is 1.24 bits per heavy atom. The Morgan fingerprint density at radius 3 is 2.72 bits per heavy atom. The van der Waals surface area contributed by atoms with E-state index in [9.17, 15) is 9.90 Å². The maximum atomic E-state index is 11.6. The molecule has 0 amide bonds. The number of carboxylic acids is 1. The lowest BCUT2D eigenvalue weighted by Gasteiger charge is -2.29. The van der Waals surface area contributed by atoms with Crippen LogP contribution in [0.3, 0.4) is 0 Å². The van der Waals surface area contributed by atoms with E-state index in [1.807, 2.05) is 60.8 Å². The minimum absolute atomic E-state index is 0.102. The standard InChI is InChI=1S/C20H20N2O3/c1-2-25-13-9-7-12(8-10-13)18-19-15(11-17(22-18)20(23)24)14-5-3-4-6-16(14)21-19/h3-10,17-18,21-22H,2,11H2,1H3,(H,23,24)/t17-,18-/m1/s1. The maximum absolute atomic E-state index is 11.6. The molecule has 128 valence electrons. The number of quaternary nitrogens is 1. The van der Waals surface area contributed by atoms with Crippen LogP contribution >= 0.6 is 0 Å². The van der Waals surface area contributed by atoms with Gasteiger partial charge in [-0.3, -0.25) is 0 Å². The molecular weight excluding hydrogens is 316 g/mol. The fourth-order valence-electron chi connectivity index (χ4n) is 3.70. The summed E-state index contributed by atoms with van der Waals surface area (Å²) in [6.07, 6.45) is 0.467. The molecule has 2 heterocycles. The molecule has 0 spiro atoms. The lowest BCUT2D eigenvalue weighted by Crippen LogP contribution is -2.95. The second-order valence-corrected chi connectivity index (χ2v) is 6.36. The van der Waals surface area contributed by atoms with Crippen LogP contribution in [0.25, 0.3) is 10.9 Å². The van der Waals surface area contributed by atoms with Crippen molar-refractivity contribution < 1.29 is 20.0 Å². The molecule has 0 bridgehead atoms. The number of H-pyrrole nitrogens is 1. The summed E-state index contributed by atoms with van der Waals surface area (Å²) in [6.45, 7) is 2.57. The van der Waals surface area contributed by atoms with Gasteiger partial charge in [0, 0.05) is 22.9 Å². The van der Waals surface area contributed by atoms with Gasteiger partial charge in [0.25, 0.3) is 0 Å². The third-order valence-corrected chi connectivity index (χ3v) is 4.86. The summed E-state index contributed by atoms with van der Waals surface area (Å²) in [7, 11) is 0. The van der Waals surface area contributed by atoms with Crippen LogP contribution < -0.4 is 15.2 Å². The Bertz CT molecular complexity index is 914. The molecule has 0 saturated heterocycles. The molecule has 0 fully saturated rings. The molecule has 2 aromatic carbocycles. The van der Waals surface area contributed by atoms with Gasteiger partial charge in [0.2, 0.25) is 0 Å². The number of rotatable bonds is 4. The Hall–Kier alpha value is -2.79. The molecule has 1 aliphatic rings. The molecule has 4 rings (SSSR count). The Balaban J connectivity index is 1.80. The van der Waals surface area contributed by atoms with Crippen LogP contribution in [0.15, 0.2) is 48.5 Å². The monoisotopic (exact) mass is 336 g/mol. The SMILES string of the molecule is CCOc1ccc([C@H]2[NH2+][C@@H](C(=O)[O-])Cc3c2[nH]c2ccccc32)cc1. The van der Waals surface area contributed by atoms with Gasteiger partial charge >= 0.3 is 0 Å². The van der Waals surface area contributed by atoms with E-state index in [-0.39, 0.29) is 6.04 Å². The highest BCUT2D eigenvalue weighted by Gasteiger charge is 2.34. The molecular formula is C20H20N2O3. The fraction of sp³-hybridized carbons (Fsp3) is 0.250. The average Bonchev–Trinajstić information content (AvgIpc) is 3.00. The highest BCUT2D eigenvalue weighted by molar-refractivity contribution is 5.86. The summed E-state index contributed by atoms with van der Waals surface area (Å²) in [6, 6.07) is 15.2. The van der Waals surface area contributed by atoms with Crippen molar-refractivity contribution in [3.05, 3.63) is 65.4 Å². The van der Waals surface area contributed by atoms with Crippen molar-refractivity contribution in [2.45, 2.75) is 25.4 Å². The summed E-state index contributed by atoms with van der Waals surface area (Å²) < 4.78 is 5.50. The Morgan fingerprint density at radius 2 is 2.00 bits per heavy atom. The molecule has 0 radical (unpaired) electrons. The number of nitrogens with one attached hydrogen (secondary N) is 1. The van der Waals surface area contributed by atoms with E-state index in [1.165, 1.54) is 0 Å². The molecule has 0 saturated carbocycles. The quantitative estimate of drug-likeness (QED) is 0.742. The molecule has 25 heavy (non-hydrogen) atoms. The van der Waals surface area contributed by atoms with Crippen molar-refractivity contribution in [2.24, 2.45) is 0 Å². The van der Waals surface area contributed by atoms with Crippen LogP contribution in [0.4, 0.5) is 0 Å². The van der Waals surface area contributed by atoms with Gasteiger partial charge in [0.15, 0.2) is 6.04 Å². The first-order chi connectivity index (χ1) is 12.2. The number of hydrogen-bond acceptors (Lipinski definition) is 3. The van der Waals surface area contributed by atoms with Gasteiger partial charge < -0.3 is 24.9 Å². The molecule has 1 aliphatic heterocycles. The van der Waals surface area contributed by atoms with Crippen LogP contribution in [0.2, 0.25) is 0 Å². The van der Waals surface area contributed by atoms with Crippen LogP contribution in [-0.2, 0) is 11.2 Å². The first-order valence-electron chi connectivity index (χ1n) is 8.55. The number of aromatic nitrogens is 1. The van der Waals surface area contributed by atoms with E-state index in [4.69, 9.17) is 4.74 Å². The fourth-order valence-corrected chi connectivity index (χ4v) is 3.70. The molecule has 0 unspecified atom stereocenters. The summed E-state index contributed by atoms with van der Waals surface area (Å²) in [5, 5.41) is 14.5. The third kappa shape index (κ3) is 2.76. The van der Waals surface area contributed by atoms with Gasteiger partial charge in [-0.1, -0.05) is 18.2 Å². The number of nitrogens with two attached hydrogens (primary N) is 1. The minimum atomic E-state index is -1.02. The van der Waals surface area contributed by atoms with E-state index in [1.54, 1.807) is 0 Å². The van der Waals surface area contributed by atoms with E-state index in [2.05, 4.69) is 4.98 Å². The first kappa shape index (κ1) is 15.7. The second kappa shape index (κ2) is 6.26. The van der Waals surface area contributed by atoms with Gasteiger partial charge in [0.1, 0.15) is 11.8 Å². The van der Waals surface area contributed by atoms with Crippen molar-refractivity contribution >= 4 is 16.9 Å². The maximum Gasteiger partial charge on any atom is 0.153 e. The number of aliphatic carboxylic acids is 1. The largest absolute Gasteiger partial charge is 0.544 e. The molecule has 1 aromatic heterocycles. The molecule has 3 aromatic rings. The van der Waals surface area contributed by atoms with E-state index in [0.717, 1.165) is 33.5 Å². The Kier molecular flexibility index (Phi) is 3.93. The third-order valence-electron chi connectivity index (χ3n) is 4.86. The van der Waals surface area contributed by atoms with Gasteiger partial charge in [-0.2, -0.15) is 0 Å². The molecule has 0 aliphatic carbocycles. The van der Waals surface area contributed by atoms with Crippen LogP contribution in [0.5, 0.6) is 5.75 Å². The topological polar surface area (TPSA) is 81.8 Å². The molecule has 5 nitrogen and oxygen atoms in total. The number of carbonyl (C=O) groups is 1. The van der Waals surface area contributed by atoms with Crippen molar-refractivity contribution in [2.75, 3.05) is 6.61 Å². The van der Waals surface area contributed by atoms with Gasteiger partial charge in [0.05, 0.1) is 18.3 Å². The number of carboxylic acid groups (broad SMARTS) is 1. The van der Waals surface area contributed by atoms with Crippen LogP contribution in [0, 0.1) is 0 Å². The zero-order valence-corrected chi connectivity index (χ0v) is 14.0. The number of aromatic amines is 1. The zero-order valence-electron chi connectivity index (χ0n) is 14.0. The van der Waals surface area contributed by atoms with Crippen LogP contribution in [0.1, 0.15) is 29.8 Å². The smallest absolute Gasteiger partial charge is 0.153 e. The number of carbonyl (C=O) groups excluding carboxylic acids is 1. The van der Waals surface area contributed by atoms with Gasteiger partial charge in [-0.25, -0.2) is 0 Å². The molecule has 2 atom stereocenters. The highest BCUT2D eigenvalue weighted by atomic mass is 16.5. The van der Waals surface area contributed by atoms with Gasteiger partial charge in [-0.05, 0) is 42.8 Å². The number of fused-ring (bicyclic) bond motifs is 3. The van der Waals surface area contributed by atoms with Crippen molar-refractivity contribution in [3.63, 3.8) is 0 Å². The van der Waals surface area contributed by atoms with Crippen LogP contribution in [-0.4, -0.2) is 23.6 Å². The highest BCUT2D eigenvalue weighted by Crippen LogP contribution is 2.32. The predicted octanol–water partition coefficient (Wildman–Crippen LogP) is 0.894. The number of ether oxygens (including phenoxy) is 1. The summed E-state index contributed by atoms with van der Waals surface area (Å²) in [4.78, 5) is 15.1. The van der Waals surface area contributed by atoms with Crippen molar-refractivity contribution in [1.29, 1.82) is 0 Å². The van der Waals surface area contributed by atoms with E-state index < -0.39 is 12.0 Å². The number of benzene rings is 2. The zero-order chi connectivity index (χ0) is 17.4. The Labute approximate surface area is 145 Å². The molecule has 3 N–H and O–H groups in total. The number of para-hydroxylation sites is 1. The normalized spacial score (nSPS) is 19.6.